The van der Waals surface area contributed by atoms with Gasteiger partial charge in [-0.1, -0.05) is 34.1 Å². The standard InChI is InChI=1S/C22H25BrN2O3/c23-19-11-9-18(10-12-19)22(27)25-14-5-13-24(15-16-25)21(26)8-4-17-28-20-6-2-1-3-7-20/h1-3,6-7,9-12H,4-5,8,13-17H2. The second-order valence-electron chi connectivity index (χ2n) is 6.80. The molecule has 1 saturated heterocycles. The summed E-state index contributed by atoms with van der Waals surface area (Å²) in [5.74, 6) is 0.986. The van der Waals surface area contributed by atoms with Crippen LogP contribution in [0.15, 0.2) is 59.1 Å². The Hall–Kier alpha value is -2.34. The van der Waals surface area contributed by atoms with Crippen molar-refractivity contribution in [2.45, 2.75) is 19.3 Å². The van der Waals surface area contributed by atoms with Gasteiger partial charge in [-0.15, -0.1) is 0 Å². The zero-order valence-corrected chi connectivity index (χ0v) is 17.4. The van der Waals surface area contributed by atoms with E-state index < -0.39 is 0 Å². The fourth-order valence-electron chi connectivity index (χ4n) is 3.23. The summed E-state index contributed by atoms with van der Waals surface area (Å²) in [7, 11) is 0. The number of carbonyl (C=O) groups excluding carboxylic acids is 2. The molecule has 6 heteroatoms. The van der Waals surface area contributed by atoms with Crippen LogP contribution >= 0.6 is 15.9 Å². The van der Waals surface area contributed by atoms with Gasteiger partial charge in [0, 0.05) is 42.6 Å². The molecular formula is C22H25BrN2O3. The Labute approximate surface area is 174 Å². The number of carbonyl (C=O) groups is 2. The molecule has 5 nitrogen and oxygen atoms in total. The van der Waals surface area contributed by atoms with Crippen LogP contribution in [-0.2, 0) is 4.79 Å². The normalized spacial score (nSPS) is 14.5. The molecule has 3 rings (SSSR count). The number of hydrogen-bond acceptors (Lipinski definition) is 3. The summed E-state index contributed by atoms with van der Waals surface area (Å²) >= 11 is 3.39. The number of halogens is 1. The Kier molecular flexibility index (Phi) is 7.48. The maximum atomic E-state index is 12.7. The first-order valence-electron chi connectivity index (χ1n) is 9.64. The first kappa shape index (κ1) is 20.4. The van der Waals surface area contributed by atoms with Crippen LogP contribution in [0.4, 0.5) is 0 Å². The fraction of sp³-hybridized carbons (Fsp3) is 0.364. The van der Waals surface area contributed by atoms with Crippen molar-refractivity contribution in [3.05, 3.63) is 64.6 Å². The van der Waals surface area contributed by atoms with E-state index in [9.17, 15) is 9.59 Å². The molecule has 0 N–H and O–H groups in total. The molecule has 0 aliphatic carbocycles. The van der Waals surface area contributed by atoms with Gasteiger partial charge >= 0.3 is 0 Å². The summed E-state index contributed by atoms with van der Waals surface area (Å²) in [6.07, 6.45) is 1.95. The van der Waals surface area contributed by atoms with Gasteiger partial charge in [0.15, 0.2) is 0 Å². The van der Waals surface area contributed by atoms with E-state index in [1.165, 1.54) is 0 Å². The van der Waals surface area contributed by atoms with Crippen molar-refractivity contribution in [2.24, 2.45) is 0 Å². The van der Waals surface area contributed by atoms with Gasteiger partial charge in [-0.25, -0.2) is 0 Å². The molecule has 1 aliphatic rings. The predicted molar refractivity (Wildman–Crippen MR) is 112 cm³/mol. The first-order valence-corrected chi connectivity index (χ1v) is 10.4. The molecule has 0 bridgehead atoms. The van der Waals surface area contributed by atoms with Gasteiger partial charge in [-0.2, -0.15) is 0 Å². The minimum absolute atomic E-state index is 0.0260. The molecule has 0 spiro atoms. The van der Waals surface area contributed by atoms with Crippen molar-refractivity contribution < 1.29 is 14.3 Å². The Morgan fingerprint density at radius 1 is 0.893 bits per heavy atom. The van der Waals surface area contributed by atoms with Gasteiger partial charge < -0.3 is 14.5 Å². The second kappa shape index (κ2) is 10.3. The molecule has 0 unspecified atom stereocenters. The molecule has 1 fully saturated rings. The second-order valence-corrected chi connectivity index (χ2v) is 7.71. The van der Waals surface area contributed by atoms with Crippen LogP contribution in [0, 0.1) is 0 Å². The third-order valence-electron chi connectivity index (χ3n) is 4.77. The van der Waals surface area contributed by atoms with E-state index in [1.807, 2.05) is 64.4 Å². The number of ether oxygens (including phenoxy) is 1. The maximum Gasteiger partial charge on any atom is 0.253 e. The van der Waals surface area contributed by atoms with E-state index in [4.69, 9.17) is 4.74 Å². The molecule has 148 valence electrons. The summed E-state index contributed by atoms with van der Waals surface area (Å²) in [6.45, 7) is 3.05. The smallest absolute Gasteiger partial charge is 0.253 e. The molecule has 2 amide bonds. The maximum absolute atomic E-state index is 12.7. The van der Waals surface area contributed by atoms with Crippen molar-refractivity contribution >= 4 is 27.7 Å². The number of para-hydroxylation sites is 1. The molecule has 2 aromatic carbocycles. The Morgan fingerprint density at radius 2 is 1.57 bits per heavy atom. The number of amides is 2. The lowest BCUT2D eigenvalue weighted by Gasteiger charge is -2.22. The van der Waals surface area contributed by atoms with Gasteiger partial charge in [-0.05, 0) is 49.2 Å². The highest BCUT2D eigenvalue weighted by Crippen LogP contribution is 2.15. The van der Waals surface area contributed by atoms with Crippen LogP contribution in [0.3, 0.4) is 0 Å². The molecule has 0 saturated carbocycles. The van der Waals surface area contributed by atoms with Crippen molar-refractivity contribution in [3.8, 4) is 5.75 Å². The number of benzene rings is 2. The lowest BCUT2D eigenvalue weighted by Crippen LogP contribution is -2.37. The molecule has 0 atom stereocenters. The number of nitrogens with zero attached hydrogens (tertiary/aromatic N) is 2. The van der Waals surface area contributed by atoms with Crippen molar-refractivity contribution in [1.29, 1.82) is 0 Å². The summed E-state index contributed by atoms with van der Waals surface area (Å²) in [5.41, 5.74) is 0.682. The monoisotopic (exact) mass is 444 g/mol. The van der Waals surface area contributed by atoms with Gasteiger partial charge in [0.1, 0.15) is 5.75 Å². The Bertz CT molecular complexity index is 780. The first-order chi connectivity index (χ1) is 13.6. The third-order valence-corrected chi connectivity index (χ3v) is 5.30. The Morgan fingerprint density at radius 3 is 2.32 bits per heavy atom. The van der Waals surface area contributed by atoms with Gasteiger partial charge in [-0.3, -0.25) is 9.59 Å². The van der Waals surface area contributed by atoms with Crippen LogP contribution in [0.25, 0.3) is 0 Å². The van der Waals surface area contributed by atoms with E-state index in [2.05, 4.69) is 15.9 Å². The third kappa shape index (κ3) is 5.83. The highest BCUT2D eigenvalue weighted by molar-refractivity contribution is 9.10. The van der Waals surface area contributed by atoms with Gasteiger partial charge in [0.25, 0.3) is 5.91 Å². The molecule has 0 aromatic heterocycles. The Balaban J connectivity index is 1.43. The lowest BCUT2D eigenvalue weighted by atomic mass is 10.2. The molecule has 0 radical (unpaired) electrons. The summed E-state index contributed by atoms with van der Waals surface area (Å²) in [6, 6.07) is 17.0. The van der Waals surface area contributed by atoms with Crippen LogP contribution in [-0.4, -0.2) is 54.4 Å². The number of hydrogen-bond donors (Lipinski definition) is 0. The highest BCUT2D eigenvalue weighted by Gasteiger charge is 2.22. The zero-order chi connectivity index (χ0) is 19.8. The highest BCUT2D eigenvalue weighted by atomic mass is 79.9. The van der Waals surface area contributed by atoms with Crippen molar-refractivity contribution in [2.75, 3.05) is 32.8 Å². The van der Waals surface area contributed by atoms with E-state index in [0.717, 1.165) is 16.6 Å². The van der Waals surface area contributed by atoms with E-state index in [-0.39, 0.29) is 11.8 Å². The average Bonchev–Trinajstić information content (AvgIpc) is 2.98. The molecule has 1 aliphatic heterocycles. The van der Waals surface area contributed by atoms with Crippen LogP contribution < -0.4 is 4.74 Å². The predicted octanol–water partition coefficient (Wildman–Crippen LogP) is 3.98. The van der Waals surface area contributed by atoms with E-state index in [1.54, 1.807) is 0 Å². The molecule has 28 heavy (non-hydrogen) atoms. The van der Waals surface area contributed by atoms with Crippen molar-refractivity contribution in [1.82, 2.24) is 9.80 Å². The summed E-state index contributed by atoms with van der Waals surface area (Å²) < 4.78 is 6.60. The minimum Gasteiger partial charge on any atom is -0.494 e. The minimum atomic E-state index is 0.0260. The molecule has 1 heterocycles. The number of rotatable bonds is 6. The molecular weight excluding hydrogens is 420 g/mol. The fourth-order valence-corrected chi connectivity index (χ4v) is 3.50. The average molecular weight is 445 g/mol. The summed E-state index contributed by atoms with van der Waals surface area (Å²) in [4.78, 5) is 28.9. The summed E-state index contributed by atoms with van der Waals surface area (Å²) in [5, 5.41) is 0. The van der Waals surface area contributed by atoms with E-state index >= 15 is 0 Å². The SMILES string of the molecule is O=C(CCCOc1ccccc1)N1CCCN(C(=O)c2ccc(Br)cc2)CC1. The van der Waals surface area contributed by atoms with Crippen LogP contribution in [0.2, 0.25) is 0 Å². The van der Waals surface area contributed by atoms with Gasteiger partial charge in [0.05, 0.1) is 6.61 Å². The topological polar surface area (TPSA) is 49.9 Å². The van der Waals surface area contributed by atoms with Crippen LogP contribution in [0.1, 0.15) is 29.6 Å². The van der Waals surface area contributed by atoms with Gasteiger partial charge in [0.2, 0.25) is 5.91 Å². The lowest BCUT2D eigenvalue weighted by molar-refractivity contribution is -0.131. The van der Waals surface area contributed by atoms with Crippen LogP contribution in [0.5, 0.6) is 5.75 Å². The zero-order valence-electron chi connectivity index (χ0n) is 15.9. The molecule has 2 aromatic rings. The van der Waals surface area contributed by atoms with E-state index in [0.29, 0.717) is 51.2 Å². The quantitative estimate of drug-likeness (QED) is 0.632. The van der Waals surface area contributed by atoms with Crippen molar-refractivity contribution in [3.63, 3.8) is 0 Å². The largest absolute Gasteiger partial charge is 0.494 e.